The van der Waals surface area contributed by atoms with E-state index in [1.807, 2.05) is 62.4 Å². The molecule has 1 aromatic heterocycles. The molecule has 36 heavy (non-hydrogen) atoms. The Kier molecular flexibility index (Phi) is 8.17. The summed E-state index contributed by atoms with van der Waals surface area (Å²) in [5.74, 6) is -1.15. The van der Waals surface area contributed by atoms with E-state index in [0.29, 0.717) is 24.4 Å². The van der Waals surface area contributed by atoms with Crippen LogP contribution in [-0.2, 0) is 14.3 Å². The second-order valence-corrected chi connectivity index (χ2v) is 8.96. The topological polar surface area (TPSA) is 101 Å². The molecule has 4 rings (SSSR count). The van der Waals surface area contributed by atoms with Crippen LogP contribution >= 0.6 is 0 Å². The Morgan fingerprint density at radius 1 is 1.00 bits per heavy atom. The largest absolute Gasteiger partial charge is 0.459 e. The van der Waals surface area contributed by atoms with Crippen LogP contribution in [0.2, 0.25) is 0 Å². The van der Waals surface area contributed by atoms with Crippen LogP contribution in [0.1, 0.15) is 46.1 Å². The molecule has 0 saturated carbocycles. The molecule has 2 N–H and O–H groups in total. The number of carbonyl (C=O) groups excluding carboxylic acids is 3. The third-order valence-electron chi connectivity index (χ3n) is 6.05. The molecule has 2 aromatic carbocycles. The van der Waals surface area contributed by atoms with Crippen molar-refractivity contribution in [3.05, 3.63) is 89.4 Å². The molecule has 1 fully saturated rings. The zero-order valence-electron chi connectivity index (χ0n) is 20.5. The summed E-state index contributed by atoms with van der Waals surface area (Å²) < 4.78 is 10.8. The van der Waals surface area contributed by atoms with Gasteiger partial charge in [-0.2, -0.15) is 0 Å². The summed E-state index contributed by atoms with van der Waals surface area (Å²) in [7, 11) is 0. The molecule has 1 aliphatic rings. The molecule has 3 amide bonds. The minimum absolute atomic E-state index is 0.0386. The van der Waals surface area contributed by atoms with Crippen molar-refractivity contribution in [2.24, 2.45) is 0 Å². The number of nitrogens with zero attached hydrogens (tertiary/aromatic N) is 1. The van der Waals surface area contributed by atoms with Crippen LogP contribution in [0.5, 0.6) is 0 Å². The third kappa shape index (κ3) is 6.20. The lowest BCUT2D eigenvalue weighted by molar-refractivity contribution is -0.126. The highest BCUT2D eigenvalue weighted by Crippen LogP contribution is 2.30. The molecule has 0 bridgehead atoms. The summed E-state index contributed by atoms with van der Waals surface area (Å²) in [6.45, 7) is 4.62. The molecule has 2 atom stereocenters. The zero-order valence-corrected chi connectivity index (χ0v) is 20.5. The molecule has 2 heterocycles. The van der Waals surface area contributed by atoms with E-state index in [4.69, 9.17) is 9.15 Å². The summed E-state index contributed by atoms with van der Waals surface area (Å²) in [6, 6.07) is 17.1. The van der Waals surface area contributed by atoms with E-state index >= 15 is 0 Å². The number of hydrogen-bond acceptors (Lipinski definition) is 5. The average molecular weight is 490 g/mol. The maximum absolute atomic E-state index is 13.7. The number of benzene rings is 2. The first kappa shape index (κ1) is 25.2. The van der Waals surface area contributed by atoms with E-state index in [1.54, 1.807) is 6.07 Å². The van der Waals surface area contributed by atoms with Crippen molar-refractivity contribution < 1.29 is 23.5 Å². The van der Waals surface area contributed by atoms with E-state index in [-0.39, 0.29) is 24.3 Å². The highest BCUT2D eigenvalue weighted by Gasteiger charge is 2.33. The standard InChI is InChI=1S/C28H31N3O5/c1-19-14-20(2)16-22(15-19)31(25(32)18-30-27(33)24-11-7-13-36-24)26(21-8-4-3-5-9-21)28(34)29-17-23-10-6-12-35-23/h3-5,7-9,11,13-16,23,26H,6,10,12,17-18H2,1-2H3,(H,29,34)(H,30,33)/t23-,26+/m1/s1. The van der Waals surface area contributed by atoms with Crippen LogP contribution in [0, 0.1) is 13.8 Å². The van der Waals surface area contributed by atoms with Gasteiger partial charge in [-0.3, -0.25) is 19.3 Å². The monoisotopic (exact) mass is 489 g/mol. The fraction of sp³-hybridized carbons (Fsp3) is 0.321. The molecule has 1 saturated heterocycles. The zero-order chi connectivity index (χ0) is 25.5. The predicted molar refractivity (Wildman–Crippen MR) is 136 cm³/mol. The van der Waals surface area contributed by atoms with Gasteiger partial charge in [0.05, 0.1) is 18.9 Å². The van der Waals surface area contributed by atoms with E-state index in [0.717, 1.165) is 24.0 Å². The van der Waals surface area contributed by atoms with Gasteiger partial charge in [0.2, 0.25) is 11.8 Å². The highest BCUT2D eigenvalue weighted by molar-refractivity contribution is 6.04. The Morgan fingerprint density at radius 2 is 1.75 bits per heavy atom. The van der Waals surface area contributed by atoms with E-state index in [1.165, 1.54) is 17.2 Å². The highest BCUT2D eigenvalue weighted by atomic mass is 16.5. The van der Waals surface area contributed by atoms with Gasteiger partial charge in [0.15, 0.2) is 5.76 Å². The maximum Gasteiger partial charge on any atom is 0.287 e. The Labute approximate surface area is 210 Å². The fourth-order valence-electron chi connectivity index (χ4n) is 4.43. The second-order valence-electron chi connectivity index (χ2n) is 8.96. The summed E-state index contributed by atoms with van der Waals surface area (Å²) in [6.07, 6.45) is 3.20. The molecule has 8 heteroatoms. The average Bonchev–Trinajstić information content (AvgIpc) is 3.59. The molecule has 0 spiro atoms. The molecule has 188 valence electrons. The van der Waals surface area contributed by atoms with Crippen molar-refractivity contribution in [2.75, 3.05) is 24.6 Å². The van der Waals surface area contributed by atoms with E-state index in [9.17, 15) is 14.4 Å². The van der Waals surface area contributed by atoms with Gasteiger partial charge in [-0.15, -0.1) is 0 Å². The fourth-order valence-corrected chi connectivity index (χ4v) is 4.43. The Balaban J connectivity index is 1.66. The summed E-state index contributed by atoms with van der Waals surface area (Å²) in [4.78, 5) is 41.2. The SMILES string of the molecule is Cc1cc(C)cc(N(C(=O)CNC(=O)c2ccco2)[C@H](C(=O)NC[C@H]2CCCO2)c2ccccc2)c1. The number of anilines is 1. The summed E-state index contributed by atoms with van der Waals surface area (Å²) in [5, 5.41) is 5.60. The van der Waals surface area contributed by atoms with Crippen LogP contribution in [-0.4, -0.2) is 43.5 Å². The predicted octanol–water partition coefficient (Wildman–Crippen LogP) is 3.70. The van der Waals surface area contributed by atoms with Crippen molar-refractivity contribution in [2.45, 2.75) is 38.8 Å². The molecule has 3 aromatic rings. The van der Waals surface area contributed by atoms with Gasteiger partial charge in [-0.25, -0.2) is 0 Å². The number of hydrogen-bond donors (Lipinski definition) is 2. The van der Waals surface area contributed by atoms with Crippen molar-refractivity contribution >= 4 is 23.4 Å². The first-order valence-corrected chi connectivity index (χ1v) is 12.1. The van der Waals surface area contributed by atoms with Crippen LogP contribution in [0.3, 0.4) is 0 Å². The Bertz CT molecular complexity index is 1170. The van der Waals surface area contributed by atoms with Gasteiger partial charge in [0.1, 0.15) is 6.04 Å². The lowest BCUT2D eigenvalue weighted by Gasteiger charge is -2.32. The second kappa shape index (κ2) is 11.7. The van der Waals surface area contributed by atoms with E-state index in [2.05, 4.69) is 10.6 Å². The van der Waals surface area contributed by atoms with Crippen LogP contribution in [0.25, 0.3) is 0 Å². The number of carbonyl (C=O) groups is 3. The quantitative estimate of drug-likeness (QED) is 0.477. The van der Waals surface area contributed by atoms with E-state index < -0.39 is 17.9 Å². The smallest absolute Gasteiger partial charge is 0.287 e. The van der Waals surface area contributed by atoms with Crippen molar-refractivity contribution in [3.8, 4) is 0 Å². The van der Waals surface area contributed by atoms with Gasteiger partial charge >= 0.3 is 0 Å². The van der Waals surface area contributed by atoms with Gasteiger partial charge in [-0.1, -0.05) is 36.4 Å². The van der Waals surface area contributed by atoms with Gasteiger partial charge in [0.25, 0.3) is 5.91 Å². The number of nitrogens with one attached hydrogen (secondary N) is 2. The molecule has 1 aliphatic heterocycles. The number of furan rings is 1. The van der Waals surface area contributed by atoms with Crippen LogP contribution < -0.4 is 15.5 Å². The van der Waals surface area contributed by atoms with Crippen LogP contribution in [0.4, 0.5) is 5.69 Å². The number of amides is 3. The Morgan fingerprint density at radius 3 is 2.39 bits per heavy atom. The first-order chi connectivity index (χ1) is 17.4. The first-order valence-electron chi connectivity index (χ1n) is 12.1. The van der Waals surface area contributed by atoms with Gasteiger partial charge in [-0.05, 0) is 67.6 Å². The van der Waals surface area contributed by atoms with Gasteiger partial charge < -0.3 is 19.8 Å². The van der Waals surface area contributed by atoms with Crippen molar-refractivity contribution in [1.82, 2.24) is 10.6 Å². The lowest BCUT2D eigenvalue weighted by Crippen LogP contribution is -2.48. The summed E-state index contributed by atoms with van der Waals surface area (Å²) >= 11 is 0. The number of ether oxygens (including phenoxy) is 1. The lowest BCUT2D eigenvalue weighted by atomic mass is 10.0. The summed E-state index contributed by atoms with van der Waals surface area (Å²) in [5.41, 5.74) is 3.14. The number of aryl methyl sites for hydroxylation is 2. The minimum Gasteiger partial charge on any atom is -0.459 e. The number of rotatable bonds is 9. The van der Waals surface area contributed by atoms with Gasteiger partial charge in [0, 0.05) is 18.8 Å². The van der Waals surface area contributed by atoms with Crippen molar-refractivity contribution in [1.29, 1.82) is 0 Å². The molecule has 0 radical (unpaired) electrons. The minimum atomic E-state index is -0.943. The molecule has 8 nitrogen and oxygen atoms in total. The Hall–Kier alpha value is -3.91. The normalized spacial score (nSPS) is 15.8. The molecule has 0 aliphatic carbocycles. The molecular formula is C28H31N3O5. The van der Waals surface area contributed by atoms with Crippen LogP contribution in [0.15, 0.2) is 71.3 Å². The maximum atomic E-state index is 13.7. The molecule has 0 unspecified atom stereocenters. The molecular weight excluding hydrogens is 458 g/mol. The van der Waals surface area contributed by atoms with Crippen molar-refractivity contribution in [3.63, 3.8) is 0 Å². The third-order valence-corrected chi connectivity index (χ3v) is 6.05.